The lowest BCUT2D eigenvalue weighted by Gasteiger charge is -2.38. The van der Waals surface area contributed by atoms with Crippen LogP contribution in [0.4, 0.5) is 0 Å². The SMILES string of the molecule is CCCC(C(=O)O)C(CCC)(C(=O)O)C(C)C. The Bertz CT molecular complexity index is 273. The van der Waals surface area contributed by atoms with Crippen molar-refractivity contribution in [2.45, 2.75) is 53.4 Å². The summed E-state index contributed by atoms with van der Waals surface area (Å²) in [6.45, 7) is 7.38. The van der Waals surface area contributed by atoms with Gasteiger partial charge in [0.1, 0.15) is 0 Å². The summed E-state index contributed by atoms with van der Waals surface area (Å²) in [4.78, 5) is 23.0. The van der Waals surface area contributed by atoms with Crippen molar-refractivity contribution < 1.29 is 19.8 Å². The molecule has 0 aromatic rings. The van der Waals surface area contributed by atoms with Gasteiger partial charge in [-0.3, -0.25) is 9.59 Å². The number of carboxylic acid groups (broad SMARTS) is 2. The van der Waals surface area contributed by atoms with E-state index in [1.54, 1.807) is 13.8 Å². The van der Waals surface area contributed by atoms with Crippen LogP contribution >= 0.6 is 0 Å². The van der Waals surface area contributed by atoms with E-state index in [1.807, 2.05) is 13.8 Å². The van der Waals surface area contributed by atoms with Gasteiger partial charge in [0.25, 0.3) is 0 Å². The summed E-state index contributed by atoms with van der Waals surface area (Å²) in [6.07, 6.45) is 2.19. The second-order valence-electron chi connectivity index (χ2n) is 4.93. The van der Waals surface area contributed by atoms with E-state index in [9.17, 15) is 19.8 Å². The summed E-state index contributed by atoms with van der Waals surface area (Å²) in [5.41, 5.74) is -1.14. The topological polar surface area (TPSA) is 74.6 Å². The zero-order chi connectivity index (χ0) is 13.6. The molecule has 2 unspecified atom stereocenters. The van der Waals surface area contributed by atoms with Crippen LogP contribution < -0.4 is 0 Å². The highest BCUT2D eigenvalue weighted by Crippen LogP contribution is 2.43. The molecule has 0 aromatic carbocycles. The van der Waals surface area contributed by atoms with Gasteiger partial charge in [-0.25, -0.2) is 0 Å². The van der Waals surface area contributed by atoms with E-state index in [2.05, 4.69) is 0 Å². The summed E-state index contributed by atoms with van der Waals surface area (Å²) in [5, 5.41) is 18.8. The quantitative estimate of drug-likeness (QED) is 0.688. The normalized spacial score (nSPS) is 16.5. The molecule has 0 rings (SSSR count). The standard InChI is InChI=1S/C13H24O4/c1-5-7-10(11(14)15)13(8-6-2,9(3)4)12(16)17/h9-10H,5-8H2,1-4H3,(H,14,15)(H,16,17). The third kappa shape index (κ3) is 3.20. The number of hydrogen-bond donors (Lipinski definition) is 2. The van der Waals surface area contributed by atoms with Gasteiger partial charge in [-0.1, -0.05) is 40.5 Å². The van der Waals surface area contributed by atoms with Crippen molar-refractivity contribution in [2.75, 3.05) is 0 Å². The largest absolute Gasteiger partial charge is 0.481 e. The van der Waals surface area contributed by atoms with E-state index < -0.39 is 23.3 Å². The Morgan fingerprint density at radius 1 is 1.12 bits per heavy atom. The van der Waals surface area contributed by atoms with Crippen LogP contribution in [0.25, 0.3) is 0 Å². The zero-order valence-electron chi connectivity index (χ0n) is 11.2. The Kier molecular flexibility index (Phi) is 6.21. The molecule has 0 spiro atoms. The molecule has 17 heavy (non-hydrogen) atoms. The Balaban J connectivity index is 5.50. The maximum absolute atomic E-state index is 11.6. The first-order valence-corrected chi connectivity index (χ1v) is 6.30. The molecule has 0 saturated heterocycles. The lowest BCUT2D eigenvalue weighted by atomic mass is 9.63. The van der Waals surface area contributed by atoms with Gasteiger partial charge in [0, 0.05) is 0 Å². The second kappa shape index (κ2) is 6.62. The first kappa shape index (κ1) is 15.9. The van der Waals surface area contributed by atoms with Gasteiger partial charge < -0.3 is 10.2 Å². The number of aliphatic carboxylic acids is 2. The highest BCUT2D eigenvalue weighted by Gasteiger charge is 2.50. The van der Waals surface area contributed by atoms with E-state index in [1.165, 1.54) is 0 Å². The van der Waals surface area contributed by atoms with Crippen LogP contribution in [0.5, 0.6) is 0 Å². The van der Waals surface area contributed by atoms with Crippen LogP contribution in [0.3, 0.4) is 0 Å². The Labute approximate surface area is 103 Å². The van der Waals surface area contributed by atoms with Crippen LogP contribution in [-0.4, -0.2) is 22.2 Å². The molecule has 0 aromatic heterocycles. The molecule has 100 valence electrons. The fourth-order valence-electron chi connectivity index (χ4n) is 2.67. The molecule has 0 amide bonds. The molecule has 0 fully saturated rings. The minimum absolute atomic E-state index is 0.187. The van der Waals surface area contributed by atoms with Crippen LogP contribution in [0, 0.1) is 17.3 Å². The second-order valence-corrected chi connectivity index (χ2v) is 4.93. The lowest BCUT2D eigenvalue weighted by Crippen LogP contribution is -2.46. The summed E-state index contributed by atoms with van der Waals surface area (Å²) >= 11 is 0. The molecule has 0 radical (unpaired) electrons. The Morgan fingerprint density at radius 3 is 1.88 bits per heavy atom. The van der Waals surface area contributed by atoms with Gasteiger partial charge in [-0.2, -0.15) is 0 Å². The molecule has 0 aliphatic rings. The molecule has 0 aliphatic carbocycles. The highest BCUT2D eigenvalue weighted by atomic mass is 16.4. The first-order valence-electron chi connectivity index (χ1n) is 6.30. The minimum atomic E-state index is -1.14. The monoisotopic (exact) mass is 244 g/mol. The molecule has 2 atom stereocenters. The van der Waals surface area contributed by atoms with Gasteiger partial charge in [-0.05, 0) is 18.8 Å². The van der Waals surface area contributed by atoms with Crippen molar-refractivity contribution in [3.05, 3.63) is 0 Å². The maximum atomic E-state index is 11.6. The first-order chi connectivity index (χ1) is 7.84. The van der Waals surface area contributed by atoms with E-state index in [0.717, 1.165) is 0 Å². The molecule has 2 N–H and O–H groups in total. The average Bonchev–Trinajstić information content (AvgIpc) is 2.21. The lowest BCUT2D eigenvalue weighted by molar-refractivity contribution is -0.168. The van der Waals surface area contributed by atoms with Gasteiger partial charge >= 0.3 is 11.9 Å². The third-order valence-corrected chi connectivity index (χ3v) is 3.59. The molecule has 4 heteroatoms. The van der Waals surface area contributed by atoms with Crippen molar-refractivity contribution in [3.63, 3.8) is 0 Å². The summed E-state index contributed by atoms with van der Waals surface area (Å²) in [6, 6.07) is 0. The van der Waals surface area contributed by atoms with E-state index in [-0.39, 0.29) is 5.92 Å². The predicted molar refractivity (Wildman–Crippen MR) is 65.8 cm³/mol. The molecule has 0 bridgehead atoms. The predicted octanol–water partition coefficient (Wildman–Crippen LogP) is 3.01. The van der Waals surface area contributed by atoms with Crippen molar-refractivity contribution in [1.29, 1.82) is 0 Å². The third-order valence-electron chi connectivity index (χ3n) is 3.59. The Hall–Kier alpha value is -1.06. The molecule has 0 heterocycles. The maximum Gasteiger partial charge on any atom is 0.310 e. The van der Waals surface area contributed by atoms with Gasteiger partial charge in [0.2, 0.25) is 0 Å². The smallest absolute Gasteiger partial charge is 0.310 e. The summed E-state index contributed by atoms with van der Waals surface area (Å²) in [5.74, 6) is -2.95. The molecular weight excluding hydrogens is 220 g/mol. The summed E-state index contributed by atoms with van der Waals surface area (Å²) in [7, 11) is 0. The number of hydrogen-bond acceptors (Lipinski definition) is 2. The number of rotatable bonds is 8. The molecule has 4 nitrogen and oxygen atoms in total. The number of carbonyl (C=O) groups is 2. The Morgan fingerprint density at radius 2 is 1.65 bits per heavy atom. The van der Waals surface area contributed by atoms with Crippen molar-refractivity contribution in [3.8, 4) is 0 Å². The van der Waals surface area contributed by atoms with Gasteiger partial charge in [0.05, 0.1) is 11.3 Å². The van der Waals surface area contributed by atoms with E-state index in [4.69, 9.17) is 0 Å². The van der Waals surface area contributed by atoms with Gasteiger partial charge in [-0.15, -0.1) is 0 Å². The van der Waals surface area contributed by atoms with E-state index >= 15 is 0 Å². The van der Waals surface area contributed by atoms with Crippen molar-refractivity contribution in [1.82, 2.24) is 0 Å². The van der Waals surface area contributed by atoms with Crippen LogP contribution in [0.15, 0.2) is 0 Å². The van der Waals surface area contributed by atoms with Crippen LogP contribution in [-0.2, 0) is 9.59 Å². The van der Waals surface area contributed by atoms with Gasteiger partial charge in [0.15, 0.2) is 0 Å². The van der Waals surface area contributed by atoms with E-state index in [0.29, 0.717) is 25.7 Å². The average molecular weight is 244 g/mol. The van der Waals surface area contributed by atoms with Crippen molar-refractivity contribution in [2.24, 2.45) is 17.3 Å². The fraction of sp³-hybridized carbons (Fsp3) is 0.846. The fourth-order valence-corrected chi connectivity index (χ4v) is 2.67. The molecule has 0 aliphatic heterocycles. The zero-order valence-corrected chi connectivity index (χ0v) is 11.2. The molecular formula is C13H24O4. The highest BCUT2D eigenvalue weighted by molar-refractivity contribution is 5.83. The van der Waals surface area contributed by atoms with Crippen molar-refractivity contribution >= 4 is 11.9 Å². The number of carboxylic acids is 2. The minimum Gasteiger partial charge on any atom is -0.481 e. The van der Waals surface area contributed by atoms with Crippen LogP contribution in [0.2, 0.25) is 0 Å². The summed E-state index contributed by atoms with van der Waals surface area (Å²) < 4.78 is 0. The molecule has 0 saturated carbocycles. The van der Waals surface area contributed by atoms with Crippen LogP contribution in [0.1, 0.15) is 53.4 Å².